The Kier molecular flexibility index (Phi) is 15.9. The number of hydrogen-bond acceptors (Lipinski definition) is 5. The second-order valence-electron chi connectivity index (χ2n) is 6.77. The van der Waals surface area contributed by atoms with E-state index in [1.54, 1.807) is 0 Å². The molecule has 0 aromatic carbocycles. The highest BCUT2D eigenvalue weighted by molar-refractivity contribution is 7.44. The first-order valence-corrected chi connectivity index (χ1v) is 10.6. The Morgan fingerprint density at radius 1 is 1.08 bits per heavy atom. The average molecular weight is 385 g/mol. The van der Waals surface area contributed by atoms with Gasteiger partial charge in [0.15, 0.2) is 0 Å². The van der Waals surface area contributed by atoms with Crippen LogP contribution in [0.25, 0.3) is 0 Å². The Hall–Kier alpha value is -0.760. The van der Waals surface area contributed by atoms with Crippen molar-refractivity contribution in [1.29, 1.82) is 5.26 Å². The summed E-state index contributed by atoms with van der Waals surface area (Å²) in [6, 6.07) is 2.74. The van der Waals surface area contributed by atoms with Crippen molar-refractivity contribution in [3.05, 3.63) is 24.3 Å². The molecule has 0 aliphatic rings. The monoisotopic (exact) mass is 384 g/mol. The van der Waals surface area contributed by atoms with Crippen LogP contribution in [0.1, 0.15) is 60.3 Å². The summed E-state index contributed by atoms with van der Waals surface area (Å²) in [5, 5.41) is 8.71. The SMILES string of the molecule is C=C(C)C/C=C/CCCOCCOP(OCCC#N)N(C(C)C)C(C)C. The zero-order chi connectivity index (χ0) is 19.8. The summed E-state index contributed by atoms with van der Waals surface area (Å²) in [4.78, 5) is 0. The molecule has 0 spiro atoms. The van der Waals surface area contributed by atoms with Gasteiger partial charge in [0.25, 0.3) is 8.53 Å². The van der Waals surface area contributed by atoms with Crippen molar-refractivity contribution in [1.82, 2.24) is 4.67 Å². The smallest absolute Gasteiger partial charge is 0.259 e. The van der Waals surface area contributed by atoms with Crippen molar-refractivity contribution in [2.24, 2.45) is 0 Å². The molecule has 0 heterocycles. The highest BCUT2D eigenvalue weighted by Crippen LogP contribution is 2.45. The van der Waals surface area contributed by atoms with E-state index in [0.717, 1.165) is 25.9 Å². The van der Waals surface area contributed by atoms with E-state index in [1.807, 2.05) is 6.92 Å². The van der Waals surface area contributed by atoms with Gasteiger partial charge in [0.1, 0.15) is 0 Å². The van der Waals surface area contributed by atoms with Crippen LogP contribution >= 0.6 is 8.53 Å². The van der Waals surface area contributed by atoms with Crippen molar-refractivity contribution in [3.63, 3.8) is 0 Å². The Bertz CT molecular complexity index is 425. The molecule has 0 bridgehead atoms. The molecule has 0 N–H and O–H groups in total. The lowest BCUT2D eigenvalue weighted by molar-refractivity contribution is 0.0869. The maximum Gasteiger partial charge on any atom is 0.259 e. The van der Waals surface area contributed by atoms with Gasteiger partial charge in [0.2, 0.25) is 0 Å². The molecule has 5 nitrogen and oxygen atoms in total. The van der Waals surface area contributed by atoms with Crippen LogP contribution in [0.2, 0.25) is 0 Å². The lowest BCUT2D eigenvalue weighted by Crippen LogP contribution is -2.34. The molecule has 0 aromatic heterocycles. The number of hydrogen-bond donors (Lipinski definition) is 0. The number of allylic oxidation sites excluding steroid dienone is 3. The van der Waals surface area contributed by atoms with Crippen LogP contribution in [-0.4, -0.2) is 43.2 Å². The predicted molar refractivity (Wildman–Crippen MR) is 110 cm³/mol. The molecule has 150 valence electrons. The molecule has 6 heteroatoms. The summed E-state index contributed by atoms with van der Waals surface area (Å²) in [6.45, 7) is 16.6. The quantitative estimate of drug-likeness (QED) is 0.197. The van der Waals surface area contributed by atoms with E-state index in [0.29, 0.717) is 38.3 Å². The van der Waals surface area contributed by atoms with Gasteiger partial charge in [-0.1, -0.05) is 24.3 Å². The van der Waals surface area contributed by atoms with E-state index < -0.39 is 8.53 Å². The van der Waals surface area contributed by atoms with E-state index in [1.165, 1.54) is 5.57 Å². The lowest BCUT2D eigenvalue weighted by atomic mass is 10.2. The van der Waals surface area contributed by atoms with Crippen LogP contribution in [0.15, 0.2) is 24.3 Å². The molecule has 0 saturated carbocycles. The molecule has 1 unspecified atom stereocenters. The first-order valence-electron chi connectivity index (χ1n) is 9.48. The van der Waals surface area contributed by atoms with Crippen LogP contribution in [-0.2, 0) is 13.8 Å². The minimum atomic E-state index is -1.17. The second-order valence-corrected chi connectivity index (χ2v) is 8.22. The van der Waals surface area contributed by atoms with Crippen LogP contribution in [0.5, 0.6) is 0 Å². The van der Waals surface area contributed by atoms with Crippen molar-refractivity contribution in [2.75, 3.05) is 26.4 Å². The van der Waals surface area contributed by atoms with Gasteiger partial charge >= 0.3 is 0 Å². The van der Waals surface area contributed by atoms with Gasteiger partial charge in [-0.15, -0.1) is 0 Å². The Labute approximate surface area is 162 Å². The third-order valence-corrected chi connectivity index (χ3v) is 5.49. The number of nitriles is 1. The van der Waals surface area contributed by atoms with E-state index in [9.17, 15) is 0 Å². The van der Waals surface area contributed by atoms with E-state index >= 15 is 0 Å². The molecule has 0 aliphatic carbocycles. The zero-order valence-electron chi connectivity index (χ0n) is 17.2. The molecule has 0 aromatic rings. The average Bonchev–Trinajstić information content (AvgIpc) is 2.55. The van der Waals surface area contributed by atoms with Crippen molar-refractivity contribution < 1.29 is 13.8 Å². The number of nitrogens with zero attached hydrogens (tertiary/aromatic N) is 2. The molecule has 0 aliphatic heterocycles. The third-order valence-electron chi connectivity index (χ3n) is 3.38. The van der Waals surface area contributed by atoms with Gasteiger partial charge in [0, 0.05) is 18.7 Å². The molecule has 0 amide bonds. The molecular formula is C20H37N2O3P. The zero-order valence-corrected chi connectivity index (χ0v) is 18.1. The largest absolute Gasteiger partial charge is 0.379 e. The van der Waals surface area contributed by atoms with Gasteiger partial charge in [-0.3, -0.25) is 0 Å². The fraction of sp³-hybridized carbons (Fsp3) is 0.750. The van der Waals surface area contributed by atoms with Crippen LogP contribution in [0.3, 0.4) is 0 Å². The van der Waals surface area contributed by atoms with Crippen LogP contribution in [0, 0.1) is 11.3 Å². The topological polar surface area (TPSA) is 54.7 Å². The summed E-state index contributed by atoms with van der Waals surface area (Å²) in [5.74, 6) is 0. The minimum Gasteiger partial charge on any atom is -0.379 e. The minimum absolute atomic E-state index is 0.315. The van der Waals surface area contributed by atoms with Crippen molar-refractivity contribution in [3.8, 4) is 6.07 Å². The molecule has 0 fully saturated rings. The van der Waals surface area contributed by atoms with Crippen molar-refractivity contribution >= 4 is 8.53 Å². The maximum absolute atomic E-state index is 8.71. The normalized spacial score (nSPS) is 13.0. The highest BCUT2D eigenvalue weighted by atomic mass is 31.2. The first-order chi connectivity index (χ1) is 12.4. The summed E-state index contributed by atoms with van der Waals surface area (Å²) >= 11 is 0. The van der Waals surface area contributed by atoms with Gasteiger partial charge in [0.05, 0.1) is 32.3 Å². The summed E-state index contributed by atoms with van der Waals surface area (Å²) < 4.78 is 19.7. The van der Waals surface area contributed by atoms with E-state index in [4.69, 9.17) is 19.0 Å². The number of rotatable bonds is 16. The number of unbranched alkanes of at least 4 members (excludes halogenated alkanes) is 1. The van der Waals surface area contributed by atoms with Gasteiger partial charge in [-0.05, 0) is 53.9 Å². The Balaban J connectivity index is 4.07. The fourth-order valence-corrected chi connectivity index (χ4v) is 3.87. The van der Waals surface area contributed by atoms with Crippen LogP contribution < -0.4 is 0 Å². The molecule has 1 atom stereocenters. The fourth-order valence-electron chi connectivity index (χ4n) is 2.30. The summed E-state index contributed by atoms with van der Waals surface area (Å²) in [7, 11) is -1.17. The summed E-state index contributed by atoms with van der Waals surface area (Å²) in [6.07, 6.45) is 7.69. The van der Waals surface area contributed by atoms with Crippen molar-refractivity contribution in [2.45, 2.75) is 72.4 Å². The third kappa shape index (κ3) is 13.4. The predicted octanol–water partition coefficient (Wildman–Crippen LogP) is 5.60. The molecule has 0 rings (SSSR count). The highest BCUT2D eigenvalue weighted by Gasteiger charge is 2.26. The molecule has 26 heavy (non-hydrogen) atoms. The van der Waals surface area contributed by atoms with Crippen LogP contribution in [0.4, 0.5) is 0 Å². The van der Waals surface area contributed by atoms with Gasteiger partial charge < -0.3 is 13.8 Å². The molecule has 0 saturated heterocycles. The maximum atomic E-state index is 8.71. The van der Waals surface area contributed by atoms with E-state index in [-0.39, 0.29) is 0 Å². The lowest BCUT2D eigenvalue weighted by Gasteiger charge is -2.35. The Morgan fingerprint density at radius 2 is 1.73 bits per heavy atom. The van der Waals surface area contributed by atoms with Gasteiger partial charge in [-0.2, -0.15) is 5.26 Å². The first kappa shape index (κ1) is 25.2. The molecule has 0 radical (unpaired) electrons. The Morgan fingerprint density at radius 3 is 2.31 bits per heavy atom. The number of ether oxygens (including phenoxy) is 1. The standard InChI is InChI=1S/C20H37N2O3P/c1-18(2)12-9-7-8-10-14-23-16-17-25-26(24-15-11-13-21)22(19(3)4)20(5)6/h7,9,19-20H,1,8,10-12,14-17H2,2-6H3/b9-7+. The summed E-state index contributed by atoms with van der Waals surface area (Å²) in [5.41, 5.74) is 1.18. The van der Waals surface area contributed by atoms with E-state index in [2.05, 4.69) is 57.2 Å². The van der Waals surface area contributed by atoms with Gasteiger partial charge in [-0.25, -0.2) is 4.67 Å². The molecular weight excluding hydrogens is 347 g/mol. The second kappa shape index (κ2) is 16.4.